The van der Waals surface area contributed by atoms with E-state index in [9.17, 15) is 0 Å². The molecule has 0 saturated carbocycles. The topological polar surface area (TPSA) is 3.01 Å². The molecule has 0 spiro atoms. The summed E-state index contributed by atoms with van der Waals surface area (Å²) >= 11 is 0. The van der Waals surface area contributed by atoms with E-state index in [4.69, 9.17) is 0 Å². The summed E-state index contributed by atoms with van der Waals surface area (Å²) in [5.74, 6) is 0. The molecule has 1 aromatic carbocycles. The van der Waals surface area contributed by atoms with Gasteiger partial charge in [0.15, 0.2) is 0 Å². The molecule has 0 unspecified atom stereocenters. The molecule has 2 heteroatoms. The Labute approximate surface area is 91.9 Å². The van der Waals surface area contributed by atoms with E-state index in [0.29, 0.717) is 0 Å². The molecule has 0 saturated heterocycles. The average Bonchev–Trinajstić information content (AvgIpc) is 2.58. The van der Waals surface area contributed by atoms with Crippen LogP contribution in [-0.4, -0.2) is 17.3 Å². The fourth-order valence-corrected chi connectivity index (χ4v) is 1.81. The third kappa shape index (κ3) is 2.16. The van der Waals surface area contributed by atoms with Crippen LogP contribution in [0, 0.1) is 0 Å². The maximum atomic E-state index is 2.39. The fraction of sp³-hybridized carbons (Fsp3) is 0.417. The van der Waals surface area contributed by atoms with Gasteiger partial charge in [-0.1, -0.05) is 31.5 Å². The van der Waals surface area contributed by atoms with Gasteiger partial charge >= 0.3 is 0 Å². The smallest absolute Gasteiger partial charge is 0.208 e. The predicted octanol–water partition coefficient (Wildman–Crippen LogP) is -0.238. The van der Waals surface area contributed by atoms with Crippen LogP contribution in [0.1, 0.15) is 25.3 Å². The Hall–Kier alpha value is -0.820. The van der Waals surface area contributed by atoms with E-state index in [1.165, 1.54) is 30.6 Å². The Morgan fingerprint density at radius 2 is 2.07 bits per heavy atom. The van der Waals surface area contributed by atoms with Crippen LogP contribution in [0.5, 0.6) is 0 Å². The minimum Gasteiger partial charge on any atom is -1.00 e. The quantitative estimate of drug-likeness (QED) is 0.605. The number of nitrogens with zero attached hydrogens (tertiary/aromatic N) is 1. The van der Waals surface area contributed by atoms with Crippen LogP contribution in [0.2, 0.25) is 0 Å². The summed E-state index contributed by atoms with van der Waals surface area (Å²) in [6.07, 6.45) is 5.97. The molecule has 1 aliphatic rings. The molecule has 0 bridgehead atoms. The Kier molecular flexibility index (Phi) is 4.15. The van der Waals surface area contributed by atoms with Gasteiger partial charge in [-0.25, -0.2) is 4.58 Å². The minimum absolute atomic E-state index is 0. The molecule has 0 N–H and O–H groups in total. The normalized spacial score (nSPS) is 13.1. The van der Waals surface area contributed by atoms with Gasteiger partial charge in [0.05, 0.1) is 6.42 Å². The van der Waals surface area contributed by atoms with Crippen molar-refractivity contribution in [3.63, 3.8) is 0 Å². The maximum Gasteiger partial charge on any atom is 0.208 e. The predicted molar refractivity (Wildman–Crippen MR) is 55.9 cm³/mol. The number of para-hydroxylation sites is 1. The molecular formula is C12H16ClN. The Bertz CT molecular complexity index is 331. The zero-order valence-electron chi connectivity index (χ0n) is 8.54. The number of benzene rings is 1. The molecule has 1 heterocycles. The molecular weight excluding hydrogens is 194 g/mol. The van der Waals surface area contributed by atoms with E-state index in [2.05, 4.69) is 42.0 Å². The Morgan fingerprint density at radius 1 is 1.29 bits per heavy atom. The monoisotopic (exact) mass is 209 g/mol. The molecule has 0 radical (unpaired) electrons. The number of fused-ring (bicyclic) bond motifs is 1. The first-order valence-corrected chi connectivity index (χ1v) is 5.09. The van der Waals surface area contributed by atoms with E-state index >= 15 is 0 Å². The van der Waals surface area contributed by atoms with Gasteiger partial charge in [-0.05, 0) is 0 Å². The molecule has 1 aliphatic heterocycles. The molecule has 0 aliphatic carbocycles. The van der Waals surface area contributed by atoms with Crippen molar-refractivity contribution in [2.24, 2.45) is 0 Å². The van der Waals surface area contributed by atoms with Crippen LogP contribution in [0.3, 0.4) is 0 Å². The van der Waals surface area contributed by atoms with Crippen molar-refractivity contribution in [2.45, 2.75) is 26.2 Å². The van der Waals surface area contributed by atoms with E-state index in [-0.39, 0.29) is 12.4 Å². The highest BCUT2D eigenvalue weighted by Crippen LogP contribution is 2.23. The third-order valence-corrected chi connectivity index (χ3v) is 2.59. The molecule has 2 rings (SSSR count). The van der Waals surface area contributed by atoms with Crippen LogP contribution in [0.4, 0.5) is 5.69 Å². The third-order valence-electron chi connectivity index (χ3n) is 2.59. The number of rotatable bonds is 3. The van der Waals surface area contributed by atoms with Crippen molar-refractivity contribution in [1.82, 2.24) is 0 Å². The molecule has 1 aromatic rings. The van der Waals surface area contributed by atoms with E-state index < -0.39 is 0 Å². The Balaban J connectivity index is 0.000000980. The molecule has 1 nitrogen and oxygen atoms in total. The van der Waals surface area contributed by atoms with E-state index in [1.54, 1.807) is 0 Å². The minimum atomic E-state index is 0. The van der Waals surface area contributed by atoms with Crippen molar-refractivity contribution in [2.75, 3.05) is 6.54 Å². The molecule has 76 valence electrons. The second kappa shape index (κ2) is 5.16. The lowest BCUT2D eigenvalue weighted by Crippen LogP contribution is -3.00. The molecule has 14 heavy (non-hydrogen) atoms. The number of hydrogen-bond donors (Lipinski definition) is 0. The van der Waals surface area contributed by atoms with Gasteiger partial charge in [0.1, 0.15) is 12.8 Å². The SMILES string of the molecule is CCCC[N+]1=CCc2ccccc21.[Cl-]. The maximum absolute atomic E-state index is 2.39. The number of hydrogen-bond acceptors (Lipinski definition) is 0. The van der Waals surface area contributed by atoms with Gasteiger partial charge in [0, 0.05) is 18.1 Å². The van der Waals surface area contributed by atoms with Crippen LogP contribution >= 0.6 is 0 Å². The molecule has 0 fully saturated rings. The lowest BCUT2D eigenvalue weighted by atomic mass is 10.1. The Morgan fingerprint density at radius 3 is 2.86 bits per heavy atom. The summed E-state index contributed by atoms with van der Waals surface area (Å²) in [5, 5.41) is 0. The highest BCUT2D eigenvalue weighted by Gasteiger charge is 2.19. The fourth-order valence-electron chi connectivity index (χ4n) is 1.81. The van der Waals surface area contributed by atoms with Gasteiger partial charge in [-0.15, -0.1) is 0 Å². The van der Waals surface area contributed by atoms with Gasteiger partial charge in [0.25, 0.3) is 0 Å². The van der Waals surface area contributed by atoms with Crippen molar-refractivity contribution < 1.29 is 17.0 Å². The van der Waals surface area contributed by atoms with E-state index in [1.807, 2.05) is 0 Å². The summed E-state index contributed by atoms with van der Waals surface area (Å²) in [5.41, 5.74) is 2.88. The lowest BCUT2D eigenvalue weighted by Gasteiger charge is -1.98. The summed E-state index contributed by atoms with van der Waals surface area (Å²) in [6.45, 7) is 3.41. The van der Waals surface area contributed by atoms with Gasteiger partial charge in [0.2, 0.25) is 5.69 Å². The zero-order valence-corrected chi connectivity index (χ0v) is 9.30. The van der Waals surface area contributed by atoms with Gasteiger partial charge < -0.3 is 12.4 Å². The van der Waals surface area contributed by atoms with Crippen molar-refractivity contribution in [3.8, 4) is 0 Å². The van der Waals surface area contributed by atoms with Crippen LogP contribution in [0.25, 0.3) is 0 Å². The lowest BCUT2D eigenvalue weighted by molar-refractivity contribution is -0.433. The second-order valence-corrected chi connectivity index (χ2v) is 3.56. The van der Waals surface area contributed by atoms with Crippen molar-refractivity contribution in [1.29, 1.82) is 0 Å². The highest BCUT2D eigenvalue weighted by atomic mass is 35.5. The summed E-state index contributed by atoms with van der Waals surface area (Å²) in [4.78, 5) is 0. The molecule has 0 amide bonds. The first-order valence-electron chi connectivity index (χ1n) is 5.09. The summed E-state index contributed by atoms with van der Waals surface area (Å²) in [7, 11) is 0. The van der Waals surface area contributed by atoms with Crippen LogP contribution < -0.4 is 12.4 Å². The summed E-state index contributed by atoms with van der Waals surface area (Å²) < 4.78 is 2.39. The van der Waals surface area contributed by atoms with Gasteiger partial charge in [-0.2, -0.15) is 0 Å². The second-order valence-electron chi connectivity index (χ2n) is 3.56. The standard InChI is InChI=1S/C12H16N.ClH/c1-2-3-9-13-10-8-11-6-4-5-7-12(11)13;/h4-7,10H,2-3,8-9H2,1H3;1H/q+1;/p-1. The summed E-state index contributed by atoms with van der Waals surface area (Å²) in [6, 6.07) is 8.68. The first kappa shape index (κ1) is 11.3. The molecule has 0 aromatic heterocycles. The first-order chi connectivity index (χ1) is 6.42. The van der Waals surface area contributed by atoms with E-state index in [0.717, 1.165) is 6.42 Å². The van der Waals surface area contributed by atoms with Crippen LogP contribution in [0.15, 0.2) is 24.3 Å². The highest BCUT2D eigenvalue weighted by molar-refractivity contribution is 5.66. The van der Waals surface area contributed by atoms with Crippen molar-refractivity contribution in [3.05, 3.63) is 29.8 Å². The average molecular weight is 210 g/mol. The largest absolute Gasteiger partial charge is 1.00 e. The van der Waals surface area contributed by atoms with Gasteiger partial charge in [-0.3, -0.25) is 0 Å². The van der Waals surface area contributed by atoms with Crippen LogP contribution in [-0.2, 0) is 6.42 Å². The zero-order chi connectivity index (χ0) is 9.10. The molecule has 0 atom stereocenters. The van der Waals surface area contributed by atoms with Crippen molar-refractivity contribution >= 4 is 11.9 Å². The number of halogens is 1. The number of unbranched alkanes of at least 4 members (excludes halogenated alkanes) is 1.